The van der Waals surface area contributed by atoms with Crippen molar-refractivity contribution in [1.29, 1.82) is 0 Å². The molecular weight excluding hydrogens is 258 g/mol. The van der Waals surface area contributed by atoms with Gasteiger partial charge in [0.25, 0.3) is 0 Å². The Morgan fingerprint density at radius 1 is 1.33 bits per heavy atom. The smallest absolute Gasteiger partial charge is 0.137 e. The van der Waals surface area contributed by atoms with Crippen LogP contribution in [0, 0.1) is 18.8 Å². The SMILES string of the molecule is CCNC(c1cc2cccc(C)c2o1)C1CCCC(C)C1. The summed E-state index contributed by atoms with van der Waals surface area (Å²) in [5.74, 6) is 2.67. The van der Waals surface area contributed by atoms with Crippen LogP contribution in [0.1, 0.15) is 56.9 Å². The molecule has 2 nitrogen and oxygen atoms in total. The number of benzene rings is 1. The van der Waals surface area contributed by atoms with E-state index < -0.39 is 0 Å². The minimum absolute atomic E-state index is 0.365. The molecule has 0 bridgehead atoms. The highest BCUT2D eigenvalue weighted by atomic mass is 16.3. The third-order valence-electron chi connectivity index (χ3n) is 4.94. The fraction of sp³-hybridized carbons (Fsp3) is 0.579. The minimum Gasteiger partial charge on any atom is -0.459 e. The summed E-state index contributed by atoms with van der Waals surface area (Å²) in [6.45, 7) is 7.69. The van der Waals surface area contributed by atoms with E-state index in [0.717, 1.165) is 23.8 Å². The summed E-state index contributed by atoms with van der Waals surface area (Å²) >= 11 is 0. The maximum Gasteiger partial charge on any atom is 0.137 e. The third kappa shape index (κ3) is 3.01. The van der Waals surface area contributed by atoms with Gasteiger partial charge < -0.3 is 9.73 Å². The molecule has 0 saturated heterocycles. The summed E-state index contributed by atoms with van der Waals surface area (Å²) in [6.07, 6.45) is 5.37. The van der Waals surface area contributed by atoms with Gasteiger partial charge in [0.2, 0.25) is 0 Å². The fourth-order valence-corrected chi connectivity index (χ4v) is 3.89. The van der Waals surface area contributed by atoms with Crippen molar-refractivity contribution >= 4 is 11.0 Å². The van der Waals surface area contributed by atoms with Gasteiger partial charge in [0.1, 0.15) is 11.3 Å². The van der Waals surface area contributed by atoms with Gasteiger partial charge in [-0.1, -0.05) is 44.9 Å². The van der Waals surface area contributed by atoms with E-state index in [9.17, 15) is 0 Å². The maximum absolute atomic E-state index is 6.24. The van der Waals surface area contributed by atoms with Crippen LogP contribution < -0.4 is 5.32 Å². The highest BCUT2D eigenvalue weighted by molar-refractivity contribution is 5.81. The van der Waals surface area contributed by atoms with Gasteiger partial charge in [0.15, 0.2) is 0 Å². The van der Waals surface area contributed by atoms with Crippen LogP contribution in [0.5, 0.6) is 0 Å². The summed E-state index contributed by atoms with van der Waals surface area (Å²) in [5, 5.41) is 4.91. The second-order valence-electron chi connectivity index (χ2n) is 6.71. The Kier molecular flexibility index (Phi) is 4.34. The van der Waals surface area contributed by atoms with E-state index >= 15 is 0 Å². The monoisotopic (exact) mass is 285 g/mol. The molecule has 1 aliphatic carbocycles. The quantitative estimate of drug-likeness (QED) is 0.833. The van der Waals surface area contributed by atoms with Crippen molar-refractivity contribution in [3.05, 3.63) is 35.6 Å². The summed E-state index contributed by atoms with van der Waals surface area (Å²) < 4.78 is 6.24. The van der Waals surface area contributed by atoms with E-state index in [0.29, 0.717) is 12.0 Å². The standard InChI is InChI=1S/C19H27NO/c1-4-20-18(15-9-5-7-13(2)11-15)17-12-16-10-6-8-14(3)19(16)21-17/h6,8,10,12-13,15,18,20H,4-5,7,9,11H2,1-3H3. The molecular formula is C19H27NO. The van der Waals surface area contributed by atoms with E-state index in [1.165, 1.54) is 36.6 Å². The molecule has 0 amide bonds. The van der Waals surface area contributed by atoms with Gasteiger partial charge in [-0.2, -0.15) is 0 Å². The van der Waals surface area contributed by atoms with Crippen molar-refractivity contribution in [2.45, 2.75) is 52.5 Å². The van der Waals surface area contributed by atoms with E-state index in [2.05, 4.69) is 50.4 Å². The normalized spacial score (nSPS) is 24.3. The first-order chi connectivity index (χ1) is 10.2. The Bertz CT molecular complexity index is 601. The van der Waals surface area contributed by atoms with Crippen LogP contribution in [0.4, 0.5) is 0 Å². The van der Waals surface area contributed by atoms with Gasteiger partial charge in [-0.05, 0) is 49.8 Å². The zero-order chi connectivity index (χ0) is 14.8. The molecule has 114 valence electrons. The molecule has 0 radical (unpaired) electrons. The third-order valence-corrected chi connectivity index (χ3v) is 4.94. The molecule has 1 aromatic carbocycles. The van der Waals surface area contributed by atoms with E-state index in [4.69, 9.17) is 4.42 Å². The van der Waals surface area contributed by atoms with Crippen molar-refractivity contribution < 1.29 is 4.42 Å². The molecule has 1 heterocycles. The number of para-hydroxylation sites is 1. The van der Waals surface area contributed by atoms with Gasteiger partial charge in [0.05, 0.1) is 6.04 Å². The molecule has 3 unspecified atom stereocenters. The van der Waals surface area contributed by atoms with Gasteiger partial charge >= 0.3 is 0 Å². The van der Waals surface area contributed by atoms with E-state index in [1.54, 1.807) is 0 Å². The molecule has 0 spiro atoms. The lowest BCUT2D eigenvalue weighted by Gasteiger charge is -2.32. The Morgan fingerprint density at radius 3 is 2.90 bits per heavy atom. The second kappa shape index (κ2) is 6.23. The van der Waals surface area contributed by atoms with Crippen LogP contribution in [-0.4, -0.2) is 6.54 Å². The molecule has 1 fully saturated rings. The Hall–Kier alpha value is -1.28. The zero-order valence-corrected chi connectivity index (χ0v) is 13.5. The Morgan fingerprint density at radius 2 is 2.19 bits per heavy atom. The average molecular weight is 285 g/mol. The lowest BCUT2D eigenvalue weighted by Crippen LogP contribution is -2.30. The van der Waals surface area contributed by atoms with Crippen molar-refractivity contribution in [2.24, 2.45) is 11.8 Å². The number of fused-ring (bicyclic) bond motifs is 1. The molecule has 0 aliphatic heterocycles. The first-order valence-corrected chi connectivity index (χ1v) is 8.41. The van der Waals surface area contributed by atoms with Gasteiger partial charge in [0, 0.05) is 5.39 Å². The van der Waals surface area contributed by atoms with Crippen LogP contribution in [0.25, 0.3) is 11.0 Å². The largest absolute Gasteiger partial charge is 0.459 e. The number of rotatable bonds is 4. The van der Waals surface area contributed by atoms with Crippen molar-refractivity contribution in [3.63, 3.8) is 0 Å². The predicted octanol–water partition coefficient (Wildman–Crippen LogP) is 5.22. The zero-order valence-electron chi connectivity index (χ0n) is 13.5. The summed E-state index contributed by atoms with van der Waals surface area (Å²) in [6, 6.07) is 9.00. The highest BCUT2D eigenvalue weighted by Gasteiger charge is 2.29. The van der Waals surface area contributed by atoms with Crippen LogP contribution in [0.3, 0.4) is 0 Å². The fourth-order valence-electron chi connectivity index (χ4n) is 3.89. The second-order valence-corrected chi connectivity index (χ2v) is 6.71. The molecule has 1 aliphatic rings. The number of hydrogen-bond acceptors (Lipinski definition) is 2. The topological polar surface area (TPSA) is 25.2 Å². The highest BCUT2D eigenvalue weighted by Crippen LogP contribution is 2.39. The molecule has 2 aromatic rings. The molecule has 2 heteroatoms. The summed E-state index contributed by atoms with van der Waals surface area (Å²) in [5.41, 5.74) is 2.28. The van der Waals surface area contributed by atoms with Crippen molar-refractivity contribution in [3.8, 4) is 0 Å². The molecule has 1 saturated carbocycles. The number of aryl methyl sites for hydroxylation is 1. The Balaban J connectivity index is 1.93. The average Bonchev–Trinajstić information content (AvgIpc) is 2.90. The summed E-state index contributed by atoms with van der Waals surface area (Å²) in [4.78, 5) is 0. The van der Waals surface area contributed by atoms with Crippen LogP contribution in [0.15, 0.2) is 28.7 Å². The van der Waals surface area contributed by atoms with Crippen LogP contribution in [-0.2, 0) is 0 Å². The first kappa shape index (κ1) is 14.6. The molecule has 1 aromatic heterocycles. The molecule has 21 heavy (non-hydrogen) atoms. The minimum atomic E-state index is 0.365. The van der Waals surface area contributed by atoms with Crippen LogP contribution in [0.2, 0.25) is 0 Å². The van der Waals surface area contributed by atoms with Gasteiger partial charge in [-0.3, -0.25) is 0 Å². The lowest BCUT2D eigenvalue weighted by molar-refractivity contribution is 0.209. The number of furan rings is 1. The summed E-state index contributed by atoms with van der Waals surface area (Å²) in [7, 11) is 0. The maximum atomic E-state index is 6.24. The van der Waals surface area contributed by atoms with Crippen molar-refractivity contribution in [1.82, 2.24) is 5.32 Å². The molecule has 1 N–H and O–H groups in total. The first-order valence-electron chi connectivity index (χ1n) is 8.41. The van der Waals surface area contributed by atoms with E-state index in [1.807, 2.05) is 0 Å². The van der Waals surface area contributed by atoms with Gasteiger partial charge in [-0.25, -0.2) is 0 Å². The Labute approximate surface area is 127 Å². The van der Waals surface area contributed by atoms with Gasteiger partial charge in [-0.15, -0.1) is 0 Å². The molecule has 3 rings (SSSR count). The number of nitrogens with one attached hydrogen (secondary N) is 1. The predicted molar refractivity (Wildman–Crippen MR) is 88.5 cm³/mol. The molecule has 3 atom stereocenters. The van der Waals surface area contributed by atoms with E-state index in [-0.39, 0.29) is 0 Å². The lowest BCUT2D eigenvalue weighted by atomic mass is 9.78. The van der Waals surface area contributed by atoms with Crippen molar-refractivity contribution in [2.75, 3.05) is 6.54 Å². The number of hydrogen-bond donors (Lipinski definition) is 1. The van der Waals surface area contributed by atoms with Crippen LogP contribution >= 0.6 is 0 Å².